The van der Waals surface area contributed by atoms with Crippen molar-refractivity contribution in [2.45, 2.75) is 37.5 Å². The zero-order valence-electron chi connectivity index (χ0n) is 12.4. The average Bonchev–Trinajstić information content (AvgIpc) is 2.92. The molecular weight excluding hydrogens is 306 g/mol. The van der Waals surface area contributed by atoms with Crippen molar-refractivity contribution in [3.8, 4) is 0 Å². The van der Waals surface area contributed by atoms with Crippen LogP contribution in [0.15, 0.2) is 24.3 Å². The van der Waals surface area contributed by atoms with Gasteiger partial charge in [0.1, 0.15) is 5.60 Å². The molecule has 1 amide bonds. The first kappa shape index (κ1) is 16.7. The number of halogens is 1. The number of amides is 1. The summed E-state index contributed by atoms with van der Waals surface area (Å²) in [6, 6.07) is 7.91. The molecule has 0 unspecified atom stereocenters. The molecule has 1 aromatic rings. The molecule has 0 spiro atoms. The van der Waals surface area contributed by atoms with Crippen LogP contribution in [-0.4, -0.2) is 30.4 Å². The van der Waals surface area contributed by atoms with E-state index in [0.717, 1.165) is 35.8 Å². The van der Waals surface area contributed by atoms with Crippen LogP contribution >= 0.6 is 23.4 Å². The molecule has 1 N–H and O–H groups in total. The van der Waals surface area contributed by atoms with E-state index in [0.29, 0.717) is 13.2 Å². The fourth-order valence-corrected chi connectivity index (χ4v) is 3.57. The first-order valence-electron chi connectivity index (χ1n) is 7.35. The number of ether oxygens (including phenoxy) is 1. The van der Waals surface area contributed by atoms with Crippen molar-refractivity contribution < 1.29 is 9.53 Å². The quantitative estimate of drug-likeness (QED) is 0.777. The predicted molar refractivity (Wildman–Crippen MR) is 88.8 cm³/mol. The van der Waals surface area contributed by atoms with E-state index in [1.54, 1.807) is 0 Å². The van der Waals surface area contributed by atoms with Crippen LogP contribution in [0.3, 0.4) is 0 Å². The zero-order valence-corrected chi connectivity index (χ0v) is 13.9. The molecule has 0 aromatic heterocycles. The van der Waals surface area contributed by atoms with Crippen LogP contribution in [0.25, 0.3) is 0 Å². The maximum absolute atomic E-state index is 12.0. The first-order chi connectivity index (χ1) is 10.1. The topological polar surface area (TPSA) is 38.3 Å². The molecule has 3 nitrogen and oxygen atoms in total. The molecule has 1 aromatic carbocycles. The van der Waals surface area contributed by atoms with Gasteiger partial charge in [-0.2, -0.15) is 11.8 Å². The Bertz CT molecular complexity index is 475. The molecule has 1 heterocycles. The van der Waals surface area contributed by atoms with Gasteiger partial charge in [-0.1, -0.05) is 29.8 Å². The van der Waals surface area contributed by atoms with Gasteiger partial charge in [-0.05, 0) is 43.6 Å². The molecule has 1 saturated heterocycles. The number of carbonyl (C=O) groups is 1. The summed E-state index contributed by atoms with van der Waals surface area (Å²) in [4.78, 5) is 12.0. The third-order valence-corrected chi connectivity index (χ3v) is 5.13. The Morgan fingerprint density at radius 2 is 2.29 bits per heavy atom. The summed E-state index contributed by atoms with van der Waals surface area (Å²) in [5.41, 5.74) is 0.560. The van der Waals surface area contributed by atoms with E-state index in [2.05, 4.69) is 11.4 Å². The summed E-state index contributed by atoms with van der Waals surface area (Å²) >= 11 is 7.95. The summed E-state index contributed by atoms with van der Waals surface area (Å²) in [5.74, 6) is 1.94. The number of thioether (sulfide) groups is 1. The fraction of sp³-hybridized carbons (Fsp3) is 0.562. The number of hydrogen-bond acceptors (Lipinski definition) is 3. The smallest absolute Gasteiger partial charge is 0.251 e. The van der Waals surface area contributed by atoms with Crippen molar-refractivity contribution in [3.63, 3.8) is 0 Å². The summed E-state index contributed by atoms with van der Waals surface area (Å²) in [5, 5.41) is 3.80. The molecule has 1 fully saturated rings. The van der Waals surface area contributed by atoms with Crippen molar-refractivity contribution in [3.05, 3.63) is 34.9 Å². The van der Waals surface area contributed by atoms with Crippen LogP contribution < -0.4 is 5.32 Å². The lowest BCUT2D eigenvalue weighted by Gasteiger charge is -2.21. The number of nitrogens with one attached hydrogen (secondary N) is 1. The molecular formula is C16H22ClNO2S. The Balaban J connectivity index is 1.58. The van der Waals surface area contributed by atoms with Crippen LogP contribution in [-0.2, 0) is 15.3 Å². The van der Waals surface area contributed by atoms with Gasteiger partial charge in [0.2, 0.25) is 0 Å². The van der Waals surface area contributed by atoms with Crippen LogP contribution in [0, 0.1) is 0 Å². The maximum atomic E-state index is 12.0. The molecule has 0 radical (unpaired) electrons. The minimum Gasteiger partial charge on any atom is -0.365 e. The third-order valence-electron chi connectivity index (χ3n) is 3.67. The second-order valence-electron chi connectivity index (χ2n) is 5.44. The number of rotatable bonds is 7. The van der Waals surface area contributed by atoms with Crippen molar-refractivity contribution in [1.82, 2.24) is 5.32 Å². The molecule has 1 aliphatic heterocycles. The normalized spacial score (nSPS) is 21.4. The van der Waals surface area contributed by atoms with E-state index in [1.807, 2.05) is 36.9 Å². The van der Waals surface area contributed by atoms with Crippen molar-refractivity contribution in [1.29, 1.82) is 0 Å². The van der Waals surface area contributed by atoms with Crippen LogP contribution in [0.4, 0.5) is 0 Å². The Hall–Kier alpha value is -0.710. The highest BCUT2D eigenvalue weighted by Gasteiger charge is 2.37. The summed E-state index contributed by atoms with van der Waals surface area (Å²) < 4.78 is 5.52. The Labute approximate surface area is 135 Å². The van der Waals surface area contributed by atoms with Crippen molar-refractivity contribution in [2.24, 2.45) is 0 Å². The molecule has 2 rings (SSSR count). The van der Waals surface area contributed by atoms with Gasteiger partial charge in [-0.3, -0.25) is 4.79 Å². The van der Waals surface area contributed by atoms with E-state index in [1.165, 1.54) is 5.56 Å². The minimum absolute atomic E-state index is 0.0242. The SMILES string of the molecule is C[C@]1(C(=O)NCCCSCc2ccccc2Cl)CCCO1. The largest absolute Gasteiger partial charge is 0.365 e. The van der Waals surface area contributed by atoms with E-state index in [-0.39, 0.29) is 5.91 Å². The number of carbonyl (C=O) groups excluding carboxylic acids is 1. The first-order valence-corrected chi connectivity index (χ1v) is 8.88. The second-order valence-corrected chi connectivity index (χ2v) is 6.95. The minimum atomic E-state index is -0.606. The van der Waals surface area contributed by atoms with Gasteiger partial charge in [0.15, 0.2) is 0 Å². The standard InChI is InChI=1S/C16H22ClNO2S/c1-16(8-4-10-20-16)15(19)18-9-5-11-21-12-13-6-2-3-7-14(13)17/h2-3,6-7H,4-5,8-12H2,1H3,(H,18,19)/t16-/m1/s1. The molecule has 1 atom stereocenters. The lowest BCUT2D eigenvalue weighted by molar-refractivity contribution is -0.139. The summed E-state index contributed by atoms with van der Waals surface area (Å²) in [6.07, 6.45) is 2.74. The molecule has 0 aliphatic carbocycles. The lowest BCUT2D eigenvalue weighted by atomic mass is 10.0. The van der Waals surface area contributed by atoms with Crippen molar-refractivity contribution in [2.75, 3.05) is 18.9 Å². The monoisotopic (exact) mass is 327 g/mol. The lowest BCUT2D eigenvalue weighted by Crippen LogP contribution is -2.44. The molecule has 5 heteroatoms. The Morgan fingerprint density at radius 1 is 1.48 bits per heavy atom. The zero-order chi connectivity index (χ0) is 15.1. The number of hydrogen-bond donors (Lipinski definition) is 1. The summed E-state index contributed by atoms with van der Waals surface area (Å²) in [6.45, 7) is 3.27. The molecule has 21 heavy (non-hydrogen) atoms. The van der Waals surface area contributed by atoms with Gasteiger partial charge < -0.3 is 10.1 Å². The molecule has 0 saturated carbocycles. The molecule has 0 bridgehead atoms. The van der Waals surface area contributed by atoms with E-state index >= 15 is 0 Å². The van der Waals surface area contributed by atoms with Crippen LogP contribution in [0.2, 0.25) is 5.02 Å². The Morgan fingerprint density at radius 3 is 3.00 bits per heavy atom. The van der Waals surface area contributed by atoms with Gasteiger partial charge in [0, 0.05) is 23.9 Å². The molecule has 116 valence electrons. The van der Waals surface area contributed by atoms with Crippen LogP contribution in [0.1, 0.15) is 31.7 Å². The van der Waals surface area contributed by atoms with Crippen molar-refractivity contribution >= 4 is 29.3 Å². The summed E-state index contributed by atoms with van der Waals surface area (Å²) in [7, 11) is 0. The predicted octanol–water partition coefficient (Wildman–Crippen LogP) is 3.65. The highest BCUT2D eigenvalue weighted by Crippen LogP contribution is 2.25. The maximum Gasteiger partial charge on any atom is 0.251 e. The van der Waals surface area contributed by atoms with Gasteiger partial charge in [-0.25, -0.2) is 0 Å². The van der Waals surface area contributed by atoms with Crippen LogP contribution in [0.5, 0.6) is 0 Å². The highest BCUT2D eigenvalue weighted by atomic mass is 35.5. The number of benzene rings is 1. The highest BCUT2D eigenvalue weighted by molar-refractivity contribution is 7.98. The fourth-order valence-electron chi connectivity index (χ4n) is 2.32. The Kier molecular flexibility index (Phi) is 6.40. The van der Waals surface area contributed by atoms with E-state index in [9.17, 15) is 4.79 Å². The molecule has 1 aliphatic rings. The van der Waals surface area contributed by atoms with E-state index < -0.39 is 5.60 Å². The third kappa shape index (κ3) is 4.90. The van der Waals surface area contributed by atoms with Gasteiger partial charge >= 0.3 is 0 Å². The second kappa shape index (κ2) is 8.06. The average molecular weight is 328 g/mol. The van der Waals surface area contributed by atoms with Gasteiger partial charge in [0.05, 0.1) is 0 Å². The van der Waals surface area contributed by atoms with Gasteiger partial charge in [-0.15, -0.1) is 0 Å². The van der Waals surface area contributed by atoms with Gasteiger partial charge in [0.25, 0.3) is 5.91 Å². The van der Waals surface area contributed by atoms with E-state index in [4.69, 9.17) is 16.3 Å².